The molecule has 1 saturated carbocycles. The number of methoxy groups -OCH3 is 1. The normalized spacial score (nSPS) is 27.7. The molecule has 88 valence electrons. The average molecular weight is 212 g/mol. The lowest BCUT2D eigenvalue weighted by molar-refractivity contribution is -0.145. The molecule has 3 atom stereocenters. The Kier molecular flexibility index (Phi) is 5.13. The molecule has 15 heavy (non-hydrogen) atoms. The van der Waals surface area contributed by atoms with Gasteiger partial charge < -0.3 is 4.74 Å². The maximum absolute atomic E-state index is 11.2. The van der Waals surface area contributed by atoms with Crippen LogP contribution in [0.15, 0.2) is 0 Å². The molecule has 0 aromatic rings. The number of carbonyl (C=O) groups is 1. The number of rotatable bonds is 5. The molecule has 0 N–H and O–H groups in total. The van der Waals surface area contributed by atoms with Gasteiger partial charge in [-0.15, -0.1) is 0 Å². The zero-order valence-corrected chi connectivity index (χ0v) is 10.3. The van der Waals surface area contributed by atoms with E-state index in [2.05, 4.69) is 6.92 Å². The highest BCUT2D eigenvalue weighted by Gasteiger charge is 2.24. The monoisotopic (exact) mass is 212 g/mol. The first kappa shape index (κ1) is 12.5. The minimum atomic E-state index is -0.0555. The second kappa shape index (κ2) is 6.14. The predicted octanol–water partition coefficient (Wildman–Crippen LogP) is 3.40. The SMILES string of the molecule is CCC1CCC(CCC(C)C(=O)OC)C1. The van der Waals surface area contributed by atoms with Crippen LogP contribution in [0, 0.1) is 17.8 Å². The van der Waals surface area contributed by atoms with Crippen LogP contribution in [0.25, 0.3) is 0 Å². The molecule has 2 heteroatoms. The molecule has 1 fully saturated rings. The molecule has 0 heterocycles. The Morgan fingerprint density at radius 2 is 2.07 bits per heavy atom. The van der Waals surface area contributed by atoms with Crippen molar-refractivity contribution in [3.63, 3.8) is 0 Å². The fraction of sp³-hybridized carbons (Fsp3) is 0.923. The summed E-state index contributed by atoms with van der Waals surface area (Å²) >= 11 is 0. The summed E-state index contributed by atoms with van der Waals surface area (Å²) in [7, 11) is 1.47. The highest BCUT2D eigenvalue weighted by atomic mass is 16.5. The largest absolute Gasteiger partial charge is 0.469 e. The third kappa shape index (κ3) is 3.84. The molecule has 0 aliphatic heterocycles. The Bertz CT molecular complexity index is 201. The van der Waals surface area contributed by atoms with E-state index in [4.69, 9.17) is 4.74 Å². The Morgan fingerprint density at radius 1 is 1.40 bits per heavy atom. The second-order valence-corrected chi connectivity index (χ2v) is 4.95. The molecule has 1 aliphatic rings. The summed E-state index contributed by atoms with van der Waals surface area (Å²) in [6.45, 7) is 4.25. The maximum atomic E-state index is 11.2. The van der Waals surface area contributed by atoms with Crippen molar-refractivity contribution in [2.75, 3.05) is 7.11 Å². The van der Waals surface area contributed by atoms with Gasteiger partial charge in [0.15, 0.2) is 0 Å². The van der Waals surface area contributed by atoms with Crippen LogP contribution in [0.3, 0.4) is 0 Å². The van der Waals surface area contributed by atoms with Crippen LogP contribution in [-0.2, 0) is 9.53 Å². The van der Waals surface area contributed by atoms with Gasteiger partial charge >= 0.3 is 5.97 Å². The second-order valence-electron chi connectivity index (χ2n) is 4.95. The number of hydrogen-bond donors (Lipinski definition) is 0. The van der Waals surface area contributed by atoms with Crippen molar-refractivity contribution in [2.45, 2.75) is 52.4 Å². The van der Waals surface area contributed by atoms with Crippen LogP contribution >= 0.6 is 0 Å². The van der Waals surface area contributed by atoms with Gasteiger partial charge in [0.1, 0.15) is 0 Å². The van der Waals surface area contributed by atoms with Crippen LogP contribution in [0.1, 0.15) is 52.4 Å². The van der Waals surface area contributed by atoms with E-state index in [9.17, 15) is 4.79 Å². The molecule has 0 amide bonds. The number of ether oxygens (including phenoxy) is 1. The Balaban J connectivity index is 2.18. The average Bonchev–Trinajstić information content (AvgIpc) is 2.72. The van der Waals surface area contributed by atoms with E-state index < -0.39 is 0 Å². The van der Waals surface area contributed by atoms with Crippen LogP contribution in [0.5, 0.6) is 0 Å². The topological polar surface area (TPSA) is 26.3 Å². The zero-order chi connectivity index (χ0) is 11.3. The molecule has 1 aliphatic carbocycles. The quantitative estimate of drug-likeness (QED) is 0.653. The Hall–Kier alpha value is -0.530. The molecule has 0 bridgehead atoms. The van der Waals surface area contributed by atoms with Crippen molar-refractivity contribution in [1.82, 2.24) is 0 Å². The van der Waals surface area contributed by atoms with Gasteiger partial charge in [0.05, 0.1) is 13.0 Å². The van der Waals surface area contributed by atoms with E-state index in [-0.39, 0.29) is 11.9 Å². The summed E-state index contributed by atoms with van der Waals surface area (Å²) in [6.07, 6.45) is 7.66. The predicted molar refractivity (Wildman–Crippen MR) is 61.5 cm³/mol. The summed E-state index contributed by atoms with van der Waals surface area (Å²) in [6, 6.07) is 0. The third-order valence-corrected chi connectivity index (χ3v) is 3.84. The first-order valence-electron chi connectivity index (χ1n) is 6.25. The van der Waals surface area contributed by atoms with Crippen molar-refractivity contribution >= 4 is 5.97 Å². The Labute approximate surface area is 93.4 Å². The number of esters is 1. The minimum absolute atomic E-state index is 0.0555. The molecule has 0 aromatic heterocycles. The molecule has 3 unspecified atom stereocenters. The molecule has 0 saturated heterocycles. The van der Waals surface area contributed by atoms with Gasteiger partial charge in [0.2, 0.25) is 0 Å². The molecule has 0 aromatic carbocycles. The van der Waals surface area contributed by atoms with Crippen LogP contribution in [0.4, 0.5) is 0 Å². The van der Waals surface area contributed by atoms with Crippen molar-refractivity contribution < 1.29 is 9.53 Å². The highest BCUT2D eigenvalue weighted by molar-refractivity contribution is 5.71. The van der Waals surface area contributed by atoms with Crippen molar-refractivity contribution in [3.05, 3.63) is 0 Å². The lowest BCUT2D eigenvalue weighted by Gasteiger charge is -2.13. The molecular formula is C13H24O2. The number of carbonyl (C=O) groups excluding carboxylic acids is 1. The lowest BCUT2D eigenvalue weighted by Crippen LogP contribution is -2.13. The molecule has 2 nitrogen and oxygen atoms in total. The van der Waals surface area contributed by atoms with Gasteiger partial charge in [-0.25, -0.2) is 0 Å². The standard InChI is InChI=1S/C13H24O2/c1-4-11-7-8-12(9-11)6-5-10(2)13(14)15-3/h10-12H,4-9H2,1-3H3. The fourth-order valence-electron chi connectivity index (χ4n) is 2.62. The van der Waals surface area contributed by atoms with E-state index in [0.29, 0.717) is 0 Å². The van der Waals surface area contributed by atoms with E-state index >= 15 is 0 Å². The lowest BCUT2D eigenvalue weighted by atomic mass is 9.94. The fourth-order valence-corrected chi connectivity index (χ4v) is 2.62. The first-order valence-corrected chi connectivity index (χ1v) is 6.25. The maximum Gasteiger partial charge on any atom is 0.308 e. The summed E-state index contributed by atoms with van der Waals surface area (Å²) in [5.41, 5.74) is 0. The molecule has 1 rings (SSSR count). The summed E-state index contributed by atoms with van der Waals surface area (Å²) < 4.78 is 4.73. The summed E-state index contributed by atoms with van der Waals surface area (Å²) in [5.74, 6) is 1.83. The minimum Gasteiger partial charge on any atom is -0.469 e. The van der Waals surface area contributed by atoms with E-state index in [1.54, 1.807) is 0 Å². The van der Waals surface area contributed by atoms with Crippen LogP contribution in [0.2, 0.25) is 0 Å². The molecule has 0 radical (unpaired) electrons. The zero-order valence-electron chi connectivity index (χ0n) is 10.3. The van der Waals surface area contributed by atoms with Crippen LogP contribution in [-0.4, -0.2) is 13.1 Å². The van der Waals surface area contributed by atoms with E-state index in [1.807, 2.05) is 6.92 Å². The van der Waals surface area contributed by atoms with Gasteiger partial charge in [-0.3, -0.25) is 4.79 Å². The van der Waals surface area contributed by atoms with Gasteiger partial charge in [-0.2, -0.15) is 0 Å². The first-order chi connectivity index (χ1) is 7.17. The smallest absolute Gasteiger partial charge is 0.308 e. The van der Waals surface area contributed by atoms with Gasteiger partial charge in [0, 0.05) is 0 Å². The van der Waals surface area contributed by atoms with Gasteiger partial charge in [0.25, 0.3) is 0 Å². The summed E-state index contributed by atoms with van der Waals surface area (Å²) in [4.78, 5) is 11.2. The summed E-state index contributed by atoms with van der Waals surface area (Å²) in [5, 5.41) is 0. The van der Waals surface area contributed by atoms with Crippen molar-refractivity contribution in [3.8, 4) is 0 Å². The number of hydrogen-bond acceptors (Lipinski definition) is 2. The Morgan fingerprint density at radius 3 is 2.60 bits per heavy atom. The van der Waals surface area contributed by atoms with Gasteiger partial charge in [-0.1, -0.05) is 33.1 Å². The molecular weight excluding hydrogens is 188 g/mol. The van der Waals surface area contributed by atoms with E-state index in [1.165, 1.54) is 39.2 Å². The van der Waals surface area contributed by atoms with Crippen molar-refractivity contribution in [1.29, 1.82) is 0 Å². The molecule has 0 spiro atoms. The third-order valence-electron chi connectivity index (χ3n) is 3.84. The van der Waals surface area contributed by atoms with E-state index in [0.717, 1.165) is 18.3 Å². The highest BCUT2D eigenvalue weighted by Crippen LogP contribution is 2.36. The van der Waals surface area contributed by atoms with Crippen LogP contribution < -0.4 is 0 Å². The van der Waals surface area contributed by atoms with Gasteiger partial charge in [-0.05, 0) is 31.1 Å². The van der Waals surface area contributed by atoms with Crippen molar-refractivity contribution in [2.24, 2.45) is 17.8 Å².